The van der Waals surface area contributed by atoms with E-state index in [-0.39, 0.29) is 11.7 Å². The second-order valence-electron chi connectivity index (χ2n) is 9.29. The summed E-state index contributed by atoms with van der Waals surface area (Å²) >= 11 is 0. The van der Waals surface area contributed by atoms with Gasteiger partial charge in [-0.1, -0.05) is 18.2 Å². The molecule has 1 aromatic carbocycles. The van der Waals surface area contributed by atoms with Crippen molar-refractivity contribution in [3.8, 4) is 5.88 Å². The Hall–Kier alpha value is -3.18. The Kier molecular flexibility index (Phi) is 6.85. The normalized spacial score (nSPS) is 17.9. The number of likely N-dealkylation sites (N-methyl/N-ethyl adjacent to an activating group) is 1. The molecular formula is C25H29F3N6O2. The molecule has 0 unspecified atom stereocenters. The van der Waals surface area contributed by atoms with Gasteiger partial charge in [0.25, 0.3) is 6.43 Å². The van der Waals surface area contributed by atoms with Gasteiger partial charge in [-0.15, -0.1) is 0 Å². The summed E-state index contributed by atoms with van der Waals surface area (Å²) in [5.74, 6) is 0.496. The van der Waals surface area contributed by atoms with Crippen LogP contribution in [0.5, 0.6) is 5.88 Å². The second kappa shape index (κ2) is 10.1. The molecule has 2 aliphatic rings. The topological polar surface area (TPSA) is 75.6 Å². The van der Waals surface area contributed by atoms with Crippen molar-refractivity contribution in [2.75, 3.05) is 56.7 Å². The van der Waals surface area contributed by atoms with E-state index in [2.05, 4.69) is 32.1 Å². The largest absolute Gasteiger partial charge is 0.468 e. The van der Waals surface area contributed by atoms with Gasteiger partial charge in [-0.25, -0.2) is 23.1 Å². The number of nitrogens with zero attached hydrogens (tertiary/aromatic N) is 5. The van der Waals surface area contributed by atoms with E-state index in [0.717, 1.165) is 37.9 Å². The number of rotatable bonds is 7. The molecule has 0 spiro atoms. The summed E-state index contributed by atoms with van der Waals surface area (Å²) in [5, 5.41) is 3.85. The van der Waals surface area contributed by atoms with Crippen molar-refractivity contribution >= 4 is 22.5 Å². The molecule has 8 nitrogen and oxygen atoms in total. The second-order valence-corrected chi connectivity index (χ2v) is 9.29. The predicted molar refractivity (Wildman–Crippen MR) is 130 cm³/mol. The smallest absolute Gasteiger partial charge is 0.266 e. The van der Waals surface area contributed by atoms with Crippen LogP contribution in [0, 0.1) is 12.7 Å². The molecule has 0 saturated carbocycles. The summed E-state index contributed by atoms with van der Waals surface area (Å²) in [6.45, 7) is 7.88. The Morgan fingerprint density at radius 1 is 1.08 bits per heavy atom. The molecule has 2 aromatic heterocycles. The molecule has 2 aliphatic heterocycles. The zero-order chi connectivity index (χ0) is 25.4. The third-order valence-corrected chi connectivity index (χ3v) is 6.59. The Labute approximate surface area is 207 Å². The molecule has 0 bridgehead atoms. The van der Waals surface area contributed by atoms with Crippen LogP contribution in [0.25, 0.3) is 11.0 Å². The standard InChI is InChI=1S/C25H29F3N6O2/c1-14(17-5-4-6-18(21(17)26)22(27)28)29-23-19-11-20(34-9-7-33(3)8-10-34)25(36-16-12-35-13-16)32-24(19)31-15(2)30-23/h4-6,11,14,16,22H,7-10,12-13H2,1-3H3,(H,29,30,31,32)/t14-/m1/s1. The lowest BCUT2D eigenvalue weighted by atomic mass is 10.0. The van der Waals surface area contributed by atoms with Crippen LogP contribution < -0.4 is 15.0 Å². The number of alkyl halides is 2. The van der Waals surface area contributed by atoms with Crippen LogP contribution in [0.3, 0.4) is 0 Å². The molecule has 1 atom stereocenters. The first-order valence-corrected chi connectivity index (χ1v) is 12.0. The van der Waals surface area contributed by atoms with Gasteiger partial charge < -0.3 is 24.6 Å². The van der Waals surface area contributed by atoms with Crippen molar-refractivity contribution in [2.24, 2.45) is 0 Å². The number of halogens is 3. The molecular weight excluding hydrogens is 473 g/mol. The highest BCUT2D eigenvalue weighted by atomic mass is 19.3. The van der Waals surface area contributed by atoms with Crippen molar-refractivity contribution in [3.63, 3.8) is 0 Å². The summed E-state index contributed by atoms with van der Waals surface area (Å²) in [5.41, 5.74) is 0.781. The minimum absolute atomic E-state index is 0.0631. The lowest BCUT2D eigenvalue weighted by Gasteiger charge is -2.35. The molecule has 5 rings (SSSR count). The minimum atomic E-state index is -2.89. The number of fused-ring (bicyclic) bond motifs is 1. The Morgan fingerprint density at radius 2 is 1.81 bits per heavy atom. The average molecular weight is 503 g/mol. The van der Waals surface area contributed by atoms with Crippen LogP contribution in [0.1, 0.15) is 36.3 Å². The summed E-state index contributed by atoms with van der Waals surface area (Å²) in [6.07, 6.45) is -2.96. The van der Waals surface area contributed by atoms with Crippen LogP contribution in [0.2, 0.25) is 0 Å². The van der Waals surface area contributed by atoms with Crippen molar-refractivity contribution in [1.82, 2.24) is 19.9 Å². The van der Waals surface area contributed by atoms with E-state index >= 15 is 0 Å². The number of nitrogens with one attached hydrogen (secondary N) is 1. The van der Waals surface area contributed by atoms with E-state index in [1.165, 1.54) is 12.1 Å². The third kappa shape index (κ3) is 4.90. The van der Waals surface area contributed by atoms with Crippen molar-refractivity contribution in [2.45, 2.75) is 32.4 Å². The van der Waals surface area contributed by atoms with Gasteiger partial charge in [0.05, 0.1) is 30.2 Å². The predicted octanol–water partition coefficient (Wildman–Crippen LogP) is 4.11. The zero-order valence-electron chi connectivity index (χ0n) is 20.5. The Balaban J connectivity index is 1.54. The number of piperazine rings is 1. The molecule has 11 heteroatoms. The molecule has 4 heterocycles. The third-order valence-electron chi connectivity index (χ3n) is 6.59. The highest BCUT2D eigenvalue weighted by Crippen LogP contribution is 2.36. The fraction of sp³-hybridized carbons (Fsp3) is 0.480. The van der Waals surface area contributed by atoms with Crippen LogP contribution in [0.15, 0.2) is 24.3 Å². The summed E-state index contributed by atoms with van der Waals surface area (Å²) < 4.78 is 52.7. The van der Waals surface area contributed by atoms with Crippen LogP contribution in [-0.2, 0) is 4.74 Å². The van der Waals surface area contributed by atoms with Crippen LogP contribution >= 0.6 is 0 Å². The summed E-state index contributed by atoms with van der Waals surface area (Å²) in [7, 11) is 2.08. The number of anilines is 2. The van der Waals surface area contributed by atoms with Gasteiger partial charge in [0.1, 0.15) is 29.3 Å². The molecule has 0 radical (unpaired) electrons. The average Bonchev–Trinajstić information content (AvgIpc) is 2.81. The first-order valence-electron chi connectivity index (χ1n) is 12.0. The van der Waals surface area contributed by atoms with Gasteiger partial charge in [0.15, 0.2) is 5.65 Å². The maximum absolute atomic E-state index is 14.8. The van der Waals surface area contributed by atoms with Gasteiger partial charge in [-0.2, -0.15) is 4.98 Å². The number of aromatic nitrogens is 3. The molecule has 192 valence electrons. The molecule has 2 saturated heterocycles. The number of hydrogen-bond donors (Lipinski definition) is 1. The Bertz CT molecular complexity index is 1250. The molecule has 2 fully saturated rings. The van der Waals surface area contributed by atoms with Crippen LogP contribution in [0.4, 0.5) is 24.7 Å². The van der Waals surface area contributed by atoms with E-state index in [1.54, 1.807) is 13.8 Å². The van der Waals surface area contributed by atoms with Crippen molar-refractivity contribution in [3.05, 3.63) is 47.0 Å². The highest BCUT2D eigenvalue weighted by Gasteiger charge is 2.27. The van der Waals surface area contributed by atoms with E-state index in [4.69, 9.17) is 14.5 Å². The number of pyridine rings is 1. The SMILES string of the molecule is Cc1nc(N[C@H](C)c2cccc(C(F)F)c2F)c2cc(N3CCN(C)CC3)c(OC3COC3)nc2n1. The van der Waals surface area contributed by atoms with Crippen molar-refractivity contribution in [1.29, 1.82) is 0 Å². The zero-order valence-corrected chi connectivity index (χ0v) is 20.5. The van der Waals surface area contributed by atoms with E-state index < -0.39 is 23.8 Å². The first-order chi connectivity index (χ1) is 17.3. The molecule has 0 aliphatic carbocycles. The lowest BCUT2D eigenvalue weighted by molar-refractivity contribution is -0.0810. The van der Waals surface area contributed by atoms with Gasteiger partial charge in [0, 0.05) is 31.7 Å². The number of aryl methyl sites for hydroxylation is 1. The Morgan fingerprint density at radius 3 is 2.47 bits per heavy atom. The fourth-order valence-corrected chi connectivity index (χ4v) is 4.40. The van der Waals surface area contributed by atoms with Crippen LogP contribution in [-0.4, -0.2) is 72.4 Å². The van der Waals surface area contributed by atoms with E-state index in [9.17, 15) is 13.2 Å². The van der Waals surface area contributed by atoms with E-state index in [0.29, 0.717) is 41.8 Å². The van der Waals surface area contributed by atoms with Gasteiger partial charge >= 0.3 is 0 Å². The van der Waals surface area contributed by atoms with Gasteiger partial charge in [0.2, 0.25) is 5.88 Å². The van der Waals surface area contributed by atoms with Gasteiger partial charge in [-0.05, 0) is 27.0 Å². The highest BCUT2D eigenvalue weighted by molar-refractivity contribution is 5.90. The quantitative estimate of drug-likeness (QED) is 0.518. The minimum Gasteiger partial charge on any atom is -0.468 e. The lowest BCUT2D eigenvalue weighted by Crippen LogP contribution is -2.45. The van der Waals surface area contributed by atoms with E-state index in [1.807, 2.05) is 6.07 Å². The maximum Gasteiger partial charge on any atom is 0.266 e. The fourth-order valence-electron chi connectivity index (χ4n) is 4.40. The van der Waals surface area contributed by atoms with Gasteiger partial charge in [-0.3, -0.25) is 0 Å². The molecule has 3 aromatic rings. The number of ether oxygens (including phenoxy) is 2. The summed E-state index contributed by atoms with van der Waals surface area (Å²) in [4.78, 5) is 18.3. The first kappa shape index (κ1) is 24.5. The molecule has 0 amide bonds. The van der Waals surface area contributed by atoms with Crippen molar-refractivity contribution < 1.29 is 22.6 Å². The monoisotopic (exact) mass is 502 g/mol. The molecule has 36 heavy (non-hydrogen) atoms. The molecule has 1 N–H and O–H groups in total. The summed E-state index contributed by atoms with van der Waals surface area (Å²) in [6, 6.07) is 5.35. The maximum atomic E-state index is 14.8. The number of hydrogen-bond acceptors (Lipinski definition) is 8. The number of benzene rings is 1.